The molecule has 0 aliphatic heterocycles. The molecule has 0 aliphatic carbocycles. The van der Waals surface area contributed by atoms with Crippen molar-refractivity contribution >= 4 is 62.7 Å². The molecule has 0 N–H and O–H groups in total. The van der Waals surface area contributed by atoms with Crippen molar-refractivity contribution in [3.63, 3.8) is 0 Å². The maximum absolute atomic E-state index is 13.2. The Kier molecular flexibility index (Phi) is 14.7. The summed E-state index contributed by atoms with van der Waals surface area (Å²) >= 11 is 18.0. The van der Waals surface area contributed by atoms with Gasteiger partial charge in [0, 0.05) is 49.7 Å². The SMILES string of the molecule is C.C.CC(C)n1cc(C(F)(F)F)nc1-c1ccc(Cn2ncc3c(Cl)nc(Cl)nc32)cc1.CC(C)n1cc(C(F)(F)F)nc1-c1ccc(Cn2ncc3c(N(C)C)nc(Cl)nc32)cc1. The number of fused-ring (bicyclic) bond motifs is 2. The van der Waals surface area contributed by atoms with E-state index in [9.17, 15) is 26.3 Å². The second-order valence-corrected chi connectivity index (χ2v) is 15.9. The Hall–Kier alpha value is -5.79. The molecular weight excluding hydrogens is 907 g/mol. The molecule has 8 aromatic rings. The van der Waals surface area contributed by atoms with Crippen LogP contribution >= 0.6 is 34.8 Å². The van der Waals surface area contributed by atoms with Gasteiger partial charge < -0.3 is 14.0 Å². The smallest absolute Gasteiger partial charge is 0.362 e. The maximum atomic E-state index is 13.2. The van der Waals surface area contributed by atoms with Crippen LogP contribution in [0.4, 0.5) is 32.2 Å². The van der Waals surface area contributed by atoms with Gasteiger partial charge >= 0.3 is 12.4 Å². The summed E-state index contributed by atoms with van der Waals surface area (Å²) < 4.78 is 85.2. The van der Waals surface area contributed by atoms with Gasteiger partial charge in [0.1, 0.15) is 22.6 Å². The van der Waals surface area contributed by atoms with E-state index in [0.717, 1.165) is 28.9 Å². The van der Waals surface area contributed by atoms with Crippen LogP contribution in [0.25, 0.3) is 44.8 Å². The first-order valence-electron chi connectivity index (χ1n) is 18.8. The van der Waals surface area contributed by atoms with E-state index in [4.69, 9.17) is 34.8 Å². The number of halogens is 9. The molecule has 340 valence electrons. The van der Waals surface area contributed by atoms with E-state index < -0.39 is 23.7 Å². The Balaban J connectivity index is 0.000000234. The van der Waals surface area contributed by atoms with Crippen LogP contribution in [0.15, 0.2) is 73.3 Å². The summed E-state index contributed by atoms with van der Waals surface area (Å²) in [6.07, 6.45) is -3.66. The monoisotopic (exact) mass is 949 g/mol. The topological polar surface area (TPSA) is 126 Å². The Morgan fingerprint density at radius 2 is 0.953 bits per heavy atom. The fraction of sp³-hybridized carbons (Fsp3) is 0.333. The molecule has 13 nitrogen and oxygen atoms in total. The van der Waals surface area contributed by atoms with Crippen LogP contribution < -0.4 is 4.90 Å². The highest BCUT2D eigenvalue weighted by Gasteiger charge is 2.36. The maximum Gasteiger partial charge on any atom is 0.434 e. The Bertz CT molecular complexity index is 2860. The number of hydrogen-bond acceptors (Lipinski definition) is 9. The summed E-state index contributed by atoms with van der Waals surface area (Å²) in [5, 5.41) is 10.4. The lowest BCUT2D eigenvalue weighted by Gasteiger charge is -2.13. The molecule has 0 bridgehead atoms. The third-order valence-corrected chi connectivity index (χ3v) is 10.2. The molecule has 0 saturated heterocycles. The molecule has 0 fully saturated rings. The van der Waals surface area contributed by atoms with E-state index in [1.807, 2.05) is 45.0 Å². The molecule has 0 unspecified atom stereocenters. The van der Waals surface area contributed by atoms with Gasteiger partial charge in [-0.1, -0.05) is 75.0 Å². The number of imidazole rings is 2. The largest absolute Gasteiger partial charge is 0.434 e. The van der Waals surface area contributed by atoms with Crippen molar-refractivity contribution in [2.45, 2.75) is 80.1 Å². The summed E-state index contributed by atoms with van der Waals surface area (Å²) in [5.74, 6) is 1.21. The molecule has 0 radical (unpaired) electrons. The van der Waals surface area contributed by atoms with Gasteiger partial charge in [-0.3, -0.25) is 0 Å². The van der Waals surface area contributed by atoms with Gasteiger partial charge in [-0.25, -0.2) is 24.3 Å². The Morgan fingerprint density at radius 1 is 0.562 bits per heavy atom. The van der Waals surface area contributed by atoms with E-state index in [1.54, 1.807) is 72.0 Å². The van der Waals surface area contributed by atoms with Crippen LogP contribution in [0.5, 0.6) is 0 Å². The van der Waals surface area contributed by atoms with Gasteiger partial charge in [0.25, 0.3) is 0 Å². The van der Waals surface area contributed by atoms with Gasteiger partial charge in [0.05, 0.1) is 36.3 Å². The zero-order valence-electron chi connectivity index (χ0n) is 33.7. The van der Waals surface area contributed by atoms with Crippen LogP contribution in [0.1, 0.15) is 77.1 Å². The lowest BCUT2D eigenvalue weighted by atomic mass is 10.1. The van der Waals surface area contributed by atoms with Gasteiger partial charge in [0.2, 0.25) is 10.6 Å². The highest BCUT2D eigenvalue weighted by molar-refractivity contribution is 6.35. The van der Waals surface area contributed by atoms with Gasteiger partial charge in [-0.2, -0.15) is 51.5 Å². The predicted molar refractivity (Wildman–Crippen MR) is 238 cm³/mol. The summed E-state index contributed by atoms with van der Waals surface area (Å²) in [6.45, 7) is 8.03. The van der Waals surface area contributed by atoms with Crippen molar-refractivity contribution in [2.24, 2.45) is 0 Å². The quantitative estimate of drug-likeness (QED) is 0.0789. The first-order valence-corrected chi connectivity index (χ1v) is 19.9. The van der Waals surface area contributed by atoms with E-state index in [2.05, 4.69) is 40.1 Å². The molecule has 2 aromatic carbocycles. The number of hydrogen-bond donors (Lipinski definition) is 0. The minimum absolute atomic E-state index is 0. The number of rotatable bonds is 9. The van der Waals surface area contributed by atoms with Gasteiger partial charge in [-0.05, 0) is 62.0 Å². The summed E-state index contributed by atoms with van der Waals surface area (Å²) in [6, 6.07) is 13.9. The van der Waals surface area contributed by atoms with Crippen LogP contribution in [0.2, 0.25) is 15.7 Å². The molecule has 6 aromatic heterocycles. The molecule has 6 heterocycles. The molecule has 0 atom stereocenters. The van der Waals surface area contributed by atoms with Crippen LogP contribution in [-0.4, -0.2) is 72.7 Å². The van der Waals surface area contributed by atoms with Crippen molar-refractivity contribution < 1.29 is 26.3 Å². The molecule has 0 saturated carbocycles. The fourth-order valence-corrected chi connectivity index (χ4v) is 7.10. The zero-order valence-corrected chi connectivity index (χ0v) is 36.0. The van der Waals surface area contributed by atoms with Gasteiger partial charge in [-0.15, -0.1) is 0 Å². The van der Waals surface area contributed by atoms with Crippen LogP contribution in [0.3, 0.4) is 0 Å². The molecule has 0 aliphatic rings. The van der Waals surface area contributed by atoms with Crippen LogP contribution in [0, 0.1) is 0 Å². The first kappa shape index (κ1) is 49.2. The lowest BCUT2D eigenvalue weighted by molar-refractivity contribution is -0.141. The molecule has 8 rings (SSSR count). The lowest BCUT2D eigenvalue weighted by Crippen LogP contribution is -2.12. The zero-order chi connectivity index (χ0) is 44.8. The van der Waals surface area contributed by atoms with Crippen molar-refractivity contribution in [3.8, 4) is 22.8 Å². The van der Waals surface area contributed by atoms with E-state index in [0.29, 0.717) is 46.7 Å². The average molecular weight is 951 g/mol. The van der Waals surface area contributed by atoms with E-state index >= 15 is 0 Å². The minimum Gasteiger partial charge on any atom is -0.362 e. The van der Waals surface area contributed by atoms with Crippen molar-refractivity contribution in [1.82, 2.24) is 58.6 Å². The van der Waals surface area contributed by atoms with Gasteiger partial charge in [0.15, 0.2) is 22.7 Å². The molecule has 64 heavy (non-hydrogen) atoms. The minimum atomic E-state index is -4.50. The number of benzene rings is 2. The summed E-state index contributed by atoms with van der Waals surface area (Å²) in [7, 11) is 3.72. The van der Waals surface area contributed by atoms with E-state index in [-0.39, 0.29) is 54.3 Å². The van der Waals surface area contributed by atoms with Crippen molar-refractivity contribution in [3.05, 3.63) is 112 Å². The number of alkyl halides is 6. The predicted octanol–water partition coefficient (Wildman–Crippen LogP) is 12.0. The van der Waals surface area contributed by atoms with E-state index in [1.165, 1.54) is 9.13 Å². The summed E-state index contributed by atoms with van der Waals surface area (Å²) in [5.41, 5.74) is 2.24. The molecule has 0 amide bonds. The Morgan fingerprint density at radius 3 is 1.34 bits per heavy atom. The Labute approximate surface area is 379 Å². The third-order valence-electron chi connectivity index (χ3n) is 9.54. The first-order chi connectivity index (χ1) is 29.2. The molecular formula is C42H44Cl3F6N13. The molecule has 22 heteroatoms. The average Bonchev–Trinajstić information content (AvgIpc) is 4.01. The molecule has 0 spiro atoms. The van der Waals surface area contributed by atoms with Crippen LogP contribution in [-0.2, 0) is 25.4 Å². The fourth-order valence-electron chi connectivity index (χ4n) is 6.52. The number of nitrogens with zero attached hydrogens (tertiary/aromatic N) is 13. The highest BCUT2D eigenvalue weighted by Crippen LogP contribution is 2.35. The second-order valence-electron chi connectivity index (χ2n) is 14.9. The normalized spacial score (nSPS) is 11.8. The van der Waals surface area contributed by atoms with Crippen molar-refractivity contribution in [2.75, 3.05) is 19.0 Å². The standard InChI is InChI=1S/C21H21ClF3N7.C19H15Cl2F3N6.2CH4/c1-12(2)31-11-16(21(23,24)25)27-17(31)14-7-5-13(6-8-14)10-32-19-15(9-26-32)18(30(3)4)28-20(22)29-19;1-10(2)29-9-14(19(22,23)24)26-16(29)12-5-3-11(4-6-12)8-30-17-13(7-25-30)15(20)27-18(21)28-17;;/h5-9,11-12H,10H2,1-4H3;3-7,9-10H,8H2,1-2H3;2*1H4. The second kappa shape index (κ2) is 19.1. The van der Waals surface area contributed by atoms with Crippen molar-refractivity contribution in [1.29, 1.82) is 0 Å². The highest BCUT2D eigenvalue weighted by atomic mass is 35.5. The summed E-state index contributed by atoms with van der Waals surface area (Å²) in [4.78, 5) is 26.1. The number of anilines is 1. The third kappa shape index (κ3) is 10.4. The number of aromatic nitrogens is 12.